The predicted molar refractivity (Wildman–Crippen MR) is 69.8 cm³/mol. The monoisotopic (exact) mass is 238 g/mol. The molecule has 2 fully saturated rings. The Bertz CT molecular complexity index is 272. The summed E-state index contributed by atoms with van der Waals surface area (Å²) in [4.78, 5) is 14.5. The molecule has 0 aromatic heterocycles. The highest BCUT2D eigenvalue weighted by atomic mass is 16.2. The molecule has 1 saturated carbocycles. The van der Waals surface area contributed by atoms with Gasteiger partial charge in [0.25, 0.3) is 0 Å². The summed E-state index contributed by atoms with van der Waals surface area (Å²) in [5, 5.41) is 3.49. The summed E-state index contributed by atoms with van der Waals surface area (Å²) in [5.41, 5.74) is 0.104. The highest BCUT2D eigenvalue weighted by Gasteiger charge is 2.35. The van der Waals surface area contributed by atoms with Crippen molar-refractivity contribution >= 4 is 5.91 Å². The van der Waals surface area contributed by atoms with Gasteiger partial charge in [-0.1, -0.05) is 20.8 Å². The van der Waals surface area contributed by atoms with Crippen molar-refractivity contribution in [3.05, 3.63) is 0 Å². The molecule has 2 rings (SSSR count). The average Bonchev–Trinajstić information content (AvgIpc) is 2.89. The lowest BCUT2D eigenvalue weighted by Crippen LogP contribution is -2.43. The third-order valence-electron chi connectivity index (χ3n) is 3.57. The number of hydrogen-bond donors (Lipinski definition) is 1. The average molecular weight is 238 g/mol. The van der Waals surface area contributed by atoms with Crippen molar-refractivity contribution < 1.29 is 4.79 Å². The van der Waals surface area contributed by atoms with E-state index in [0.29, 0.717) is 24.4 Å². The number of nitrogens with zero attached hydrogens (tertiary/aromatic N) is 1. The lowest BCUT2D eigenvalue weighted by molar-refractivity contribution is -0.134. The van der Waals surface area contributed by atoms with Gasteiger partial charge in [0.1, 0.15) is 0 Å². The Hall–Kier alpha value is -0.570. The van der Waals surface area contributed by atoms with Crippen LogP contribution in [-0.4, -0.2) is 36.0 Å². The van der Waals surface area contributed by atoms with E-state index in [1.165, 1.54) is 25.7 Å². The standard InChI is InChI=1S/C14H26N2O/c1-14(2,3)9-13(17)16(12-6-7-12)10-11-5-4-8-15-11/h11-12,15H,4-10H2,1-3H3. The minimum Gasteiger partial charge on any atom is -0.338 e. The first-order valence-corrected chi connectivity index (χ1v) is 6.98. The van der Waals surface area contributed by atoms with E-state index in [0.717, 1.165) is 13.1 Å². The molecule has 3 nitrogen and oxygen atoms in total. The maximum absolute atomic E-state index is 12.3. The number of carbonyl (C=O) groups is 1. The number of carbonyl (C=O) groups excluding carboxylic acids is 1. The molecule has 1 N–H and O–H groups in total. The third-order valence-corrected chi connectivity index (χ3v) is 3.57. The molecule has 0 radical (unpaired) electrons. The van der Waals surface area contributed by atoms with Crippen molar-refractivity contribution in [3.8, 4) is 0 Å². The van der Waals surface area contributed by atoms with Crippen LogP contribution in [0.15, 0.2) is 0 Å². The SMILES string of the molecule is CC(C)(C)CC(=O)N(CC1CCCN1)C1CC1. The summed E-state index contributed by atoms with van der Waals surface area (Å²) in [7, 11) is 0. The first-order chi connectivity index (χ1) is 7.96. The molecule has 17 heavy (non-hydrogen) atoms. The highest BCUT2D eigenvalue weighted by Crippen LogP contribution is 2.30. The Morgan fingerprint density at radius 3 is 2.47 bits per heavy atom. The van der Waals surface area contributed by atoms with Gasteiger partial charge in [0.05, 0.1) is 0 Å². The van der Waals surface area contributed by atoms with Gasteiger partial charge in [-0.25, -0.2) is 0 Å². The predicted octanol–water partition coefficient (Wildman–Crippen LogP) is 2.17. The number of amides is 1. The van der Waals surface area contributed by atoms with E-state index in [2.05, 4.69) is 31.0 Å². The maximum atomic E-state index is 12.3. The van der Waals surface area contributed by atoms with Gasteiger partial charge in [0, 0.05) is 25.0 Å². The number of hydrogen-bond acceptors (Lipinski definition) is 2. The fourth-order valence-corrected chi connectivity index (χ4v) is 2.55. The second-order valence-electron chi connectivity index (χ2n) is 6.81. The Kier molecular flexibility index (Phi) is 3.76. The van der Waals surface area contributed by atoms with Crippen molar-refractivity contribution in [2.45, 2.75) is 65.0 Å². The van der Waals surface area contributed by atoms with Crippen LogP contribution in [0.4, 0.5) is 0 Å². The molecule has 1 atom stereocenters. The lowest BCUT2D eigenvalue weighted by atomic mass is 9.91. The van der Waals surface area contributed by atoms with Gasteiger partial charge in [-0.3, -0.25) is 4.79 Å². The highest BCUT2D eigenvalue weighted by molar-refractivity contribution is 5.77. The summed E-state index contributed by atoms with van der Waals surface area (Å²) in [6.07, 6.45) is 5.59. The lowest BCUT2D eigenvalue weighted by Gasteiger charge is -2.29. The van der Waals surface area contributed by atoms with E-state index in [9.17, 15) is 4.79 Å². The Balaban J connectivity index is 1.89. The smallest absolute Gasteiger partial charge is 0.223 e. The van der Waals surface area contributed by atoms with Gasteiger partial charge in [0.2, 0.25) is 5.91 Å². The van der Waals surface area contributed by atoms with Crippen LogP contribution in [0.1, 0.15) is 52.9 Å². The number of rotatable bonds is 4. The van der Waals surface area contributed by atoms with Crippen LogP contribution in [0.2, 0.25) is 0 Å². The van der Waals surface area contributed by atoms with E-state index in [4.69, 9.17) is 0 Å². The fourth-order valence-electron chi connectivity index (χ4n) is 2.55. The van der Waals surface area contributed by atoms with Crippen LogP contribution < -0.4 is 5.32 Å². The van der Waals surface area contributed by atoms with Crippen molar-refractivity contribution in [2.24, 2.45) is 5.41 Å². The molecule has 1 amide bonds. The topological polar surface area (TPSA) is 32.3 Å². The third kappa shape index (κ3) is 3.98. The zero-order valence-corrected chi connectivity index (χ0v) is 11.5. The van der Waals surface area contributed by atoms with Crippen LogP contribution in [0, 0.1) is 5.41 Å². The normalized spacial score (nSPS) is 25.0. The van der Waals surface area contributed by atoms with Crippen LogP contribution in [0.25, 0.3) is 0 Å². The van der Waals surface area contributed by atoms with Crippen molar-refractivity contribution in [1.29, 1.82) is 0 Å². The molecule has 0 aromatic rings. The second kappa shape index (κ2) is 4.97. The first-order valence-electron chi connectivity index (χ1n) is 6.98. The van der Waals surface area contributed by atoms with Gasteiger partial charge >= 0.3 is 0 Å². The molecular weight excluding hydrogens is 212 g/mol. The molecule has 3 heteroatoms. The van der Waals surface area contributed by atoms with Crippen LogP contribution in [-0.2, 0) is 4.79 Å². The molecule has 1 saturated heterocycles. The quantitative estimate of drug-likeness (QED) is 0.814. The van der Waals surface area contributed by atoms with Gasteiger partial charge in [-0.15, -0.1) is 0 Å². The minimum absolute atomic E-state index is 0.104. The first kappa shape index (κ1) is 12.9. The molecule has 1 aliphatic heterocycles. The van der Waals surface area contributed by atoms with Crippen molar-refractivity contribution in [1.82, 2.24) is 10.2 Å². The van der Waals surface area contributed by atoms with Crippen LogP contribution in [0.3, 0.4) is 0 Å². The Morgan fingerprint density at radius 1 is 1.29 bits per heavy atom. The van der Waals surface area contributed by atoms with Gasteiger partial charge < -0.3 is 10.2 Å². The molecule has 1 unspecified atom stereocenters. The van der Waals surface area contributed by atoms with Crippen molar-refractivity contribution in [2.75, 3.05) is 13.1 Å². The zero-order chi connectivity index (χ0) is 12.5. The summed E-state index contributed by atoms with van der Waals surface area (Å²) >= 11 is 0. The van der Waals surface area contributed by atoms with Gasteiger partial charge in [-0.05, 0) is 37.6 Å². The second-order valence-corrected chi connectivity index (χ2v) is 6.81. The molecule has 0 bridgehead atoms. The van der Waals surface area contributed by atoms with Crippen LogP contribution >= 0.6 is 0 Å². The fraction of sp³-hybridized carbons (Fsp3) is 0.929. The molecular formula is C14H26N2O. The molecule has 1 heterocycles. The Labute approximate surface area is 105 Å². The van der Waals surface area contributed by atoms with Crippen LogP contribution in [0.5, 0.6) is 0 Å². The summed E-state index contributed by atoms with van der Waals surface area (Å²) in [6.45, 7) is 8.48. The molecule has 0 spiro atoms. The summed E-state index contributed by atoms with van der Waals surface area (Å²) in [5.74, 6) is 0.355. The van der Waals surface area contributed by atoms with E-state index >= 15 is 0 Å². The minimum atomic E-state index is 0.104. The van der Waals surface area contributed by atoms with E-state index in [-0.39, 0.29) is 5.41 Å². The summed E-state index contributed by atoms with van der Waals surface area (Å²) < 4.78 is 0. The zero-order valence-electron chi connectivity index (χ0n) is 11.5. The van der Waals surface area contributed by atoms with E-state index < -0.39 is 0 Å². The molecule has 2 aliphatic rings. The molecule has 98 valence electrons. The van der Waals surface area contributed by atoms with Crippen molar-refractivity contribution in [3.63, 3.8) is 0 Å². The Morgan fingerprint density at radius 2 is 2.00 bits per heavy atom. The molecule has 1 aliphatic carbocycles. The molecule has 0 aromatic carbocycles. The number of nitrogens with one attached hydrogen (secondary N) is 1. The van der Waals surface area contributed by atoms with E-state index in [1.807, 2.05) is 0 Å². The van der Waals surface area contributed by atoms with Gasteiger partial charge in [0.15, 0.2) is 0 Å². The summed E-state index contributed by atoms with van der Waals surface area (Å²) in [6, 6.07) is 1.09. The van der Waals surface area contributed by atoms with Gasteiger partial charge in [-0.2, -0.15) is 0 Å². The largest absolute Gasteiger partial charge is 0.338 e. The maximum Gasteiger partial charge on any atom is 0.223 e. The van der Waals surface area contributed by atoms with E-state index in [1.54, 1.807) is 0 Å².